The van der Waals surface area contributed by atoms with E-state index in [9.17, 15) is 9.59 Å². The summed E-state index contributed by atoms with van der Waals surface area (Å²) in [4.78, 5) is 31.0. The van der Waals surface area contributed by atoms with Crippen LogP contribution in [0.25, 0.3) is 0 Å². The Hall–Kier alpha value is -2.12. The van der Waals surface area contributed by atoms with Crippen LogP contribution in [-0.4, -0.2) is 86.7 Å². The van der Waals surface area contributed by atoms with Crippen molar-refractivity contribution in [1.82, 2.24) is 20.0 Å². The van der Waals surface area contributed by atoms with Gasteiger partial charge in [0, 0.05) is 32.8 Å². The van der Waals surface area contributed by atoms with E-state index in [1.165, 1.54) is 5.56 Å². The maximum Gasteiger partial charge on any atom is 0.321 e. The van der Waals surface area contributed by atoms with Gasteiger partial charge in [0.1, 0.15) is 6.54 Å². The van der Waals surface area contributed by atoms with Crippen LogP contribution in [0.5, 0.6) is 0 Å². The molecule has 0 bridgehead atoms. The van der Waals surface area contributed by atoms with Gasteiger partial charge in [0.15, 0.2) is 0 Å². The monoisotopic (exact) mass is 402 g/mol. The van der Waals surface area contributed by atoms with Gasteiger partial charge in [-0.05, 0) is 45.3 Å². The normalized spacial score (nSPS) is 27.1. The number of methoxy groups -OCH3 is 1. The van der Waals surface area contributed by atoms with Crippen molar-refractivity contribution in [2.75, 3.05) is 54.5 Å². The topological polar surface area (TPSA) is 65.1 Å². The number of amides is 3. The molecule has 1 saturated carbocycles. The fraction of sp³-hybridized carbons (Fsp3) is 0.636. The SMILES string of the molecule is CNC(=O)CN1CC2(CCC(c3ccccc3)(N(C)C)CC2)N(CCOC)C1=O. The largest absolute Gasteiger partial charge is 0.383 e. The Morgan fingerprint density at radius 2 is 1.83 bits per heavy atom. The Morgan fingerprint density at radius 3 is 2.38 bits per heavy atom. The summed E-state index contributed by atoms with van der Waals surface area (Å²) in [6, 6.07) is 10.6. The average Bonchev–Trinajstić information content (AvgIpc) is 2.98. The molecule has 0 radical (unpaired) electrons. The highest BCUT2D eigenvalue weighted by Gasteiger charge is 2.54. The molecule has 1 aromatic rings. The number of nitrogens with zero attached hydrogens (tertiary/aromatic N) is 3. The lowest BCUT2D eigenvalue weighted by Crippen LogP contribution is -2.56. The minimum atomic E-state index is -0.238. The first-order valence-electron chi connectivity index (χ1n) is 10.4. The van der Waals surface area contributed by atoms with E-state index < -0.39 is 0 Å². The molecule has 3 amide bonds. The minimum Gasteiger partial charge on any atom is -0.383 e. The van der Waals surface area contributed by atoms with E-state index in [0.717, 1.165) is 25.7 Å². The summed E-state index contributed by atoms with van der Waals surface area (Å²) in [5.74, 6) is -0.134. The molecule has 1 spiro atoms. The zero-order chi connectivity index (χ0) is 21.1. The number of likely N-dealkylation sites (N-methyl/N-ethyl adjacent to an activating group) is 1. The van der Waals surface area contributed by atoms with Crippen molar-refractivity contribution in [2.45, 2.75) is 36.8 Å². The van der Waals surface area contributed by atoms with Gasteiger partial charge in [-0.3, -0.25) is 9.69 Å². The van der Waals surface area contributed by atoms with E-state index in [0.29, 0.717) is 19.7 Å². The van der Waals surface area contributed by atoms with Gasteiger partial charge in [-0.25, -0.2) is 4.79 Å². The maximum absolute atomic E-state index is 13.1. The Balaban J connectivity index is 1.85. The van der Waals surface area contributed by atoms with E-state index >= 15 is 0 Å². The van der Waals surface area contributed by atoms with Crippen molar-refractivity contribution in [3.05, 3.63) is 35.9 Å². The molecule has 29 heavy (non-hydrogen) atoms. The first-order valence-corrected chi connectivity index (χ1v) is 10.4. The Bertz CT molecular complexity index is 714. The van der Waals surface area contributed by atoms with Crippen molar-refractivity contribution < 1.29 is 14.3 Å². The zero-order valence-corrected chi connectivity index (χ0v) is 18.1. The van der Waals surface area contributed by atoms with E-state index in [-0.39, 0.29) is 29.6 Å². The van der Waals surface area contributed by atoms with E-state index in [4.69, 9.17) is 4.74 Å². The number of carbonyl (C=O) groups is 2. The molecule has 1 N–H and O–H groups in total. The number of hydrogen-bond donors (Lipinski definition) is 1. The van der Waals surface area contributed by atoms with Crippen LogP contribution in [0.1, 0.15) is 31.2 Å². The number of carbonyl (C=O) groups excluding carboxylic acids is 2. The van der Waals surface area contributed by atoms with E-state index in [1.54, 1.807) is 19.1 Å². The zero-order valence-electron chi connectivity index (χ0n) is 18.1. The lowest BCUT2D eigenvalue weighted by Gasteiger charge is -2.51. The smallest absolute Gasteiger partial charge is 0.321 e. The third kappa shape index (κ3) is 3.98. The summed E-state index contributed by atoms with van der Waals surface area (Å²) in [6.45, 7) is 1.76. The van der Waals surface area contributed by atoms with Gasteiger partial charge >= 0.3 is 6.03 Å². The average molecular weight is 403 g/mol. The van der Waals surface area contributed by atoms with Crippen LogP contribution < -0.4 is 5.32 Å². The molecule has 1 heterocycles. The second-order valence-electron chi connectivity index (χ2n) is 8.47. The summed E-state index contributed by atoms with van der Waals surface area (Å²) in [5, 5.41) is 2.63. The van der Waals surface area contributed by atoms with Crippen LogP contribution in [0.15, 0.2) is 30.3 Å². The molecule has 2 fully saturated rings. The van der Waals surface area contributed by atoms with E-state index in [1.807, 2.05) is 4.90 Å². The Labute approximate surface area is 174 Å². The van der Waals surface area contributed by atoms with Crippen molar-refractivity contribution in [2.24, 2.45) is 0 Å². The first-order chi connectivity index (χ1) is 13.9. The maximum atomic E-state index is 13.1. The molecule has 2 aliphatic rings. The molecule has 160 valence electrons. The number of ether oxygens (including phenoxy) is 1. The van der Waals surface area contributed by atoms with Gasteiger partial charge in [-0.1, -0.05) is 30.3 Å². The van der Waals surface area contributed by atoms with Gasteiger partial charge < -0.3 is 19.9 Å². The van der Waals surface area contributed by atoms with Gasteiger partial charge in [-0.15, -0.1) is 0 Å². The molecule has 1 aromatic carbocycles. The van der Waals surface area contributed by atoms with Gasteiger partial charge in [-0.2, -0.15) is 0 Å². The van der Waals surface area contributed by atoms with Gasteiger partial charge in [0.25, 0.3) is 0 Å². The third-order valence-corrected chi connectivity index (χ3v) is 6.87. The summed E-state index contributed by atoms with van der Waals surface area (Å²) < 4.78 is 5.27. The molecule has 3 rings (SSSR count). The van der Waals surface area contributed by atoms with Crippen molar-refractivity contribution in [3.8, 4) is 0 Å². The first kappa shape index (κ1) is 21.6. The predicted molar refractivity (Wildman–Crippen MR) is 113 cm³/mol. The number of benzene rings is 1. The van der Waals surface area contributed by atoms with Crippen molar-refractivity contribution in [3.63, 3.8) is 0 Å². The number of nitrogens with one attached hydrogen (secondary N) is 1. The summed E-state index contributed by atoms with van der Waals surface area (Å²) >= 11 is 0. The number of urea groups is 1. The number of rotatable bonds is 7. The highest BCUT2D eigenvalue weighted by Crippen LogP contribution is 2.48. The molecule has 7 nitrogen and oxygen atoms in total. The van der Waals surface area contributed by atoms with Crippen LogP contribution in [-0.2, 0) is 15.1 Å². The van der Waals surface area contributed by atoms with Crippen LogP contribution in [0.2, 0.25) is 0 Å². The van der Waals surface area contributed by atoms with Crippen LogP contribution >= 0.6 is 0 Å². The summed E-state index contributed by atoms with van der Waals surface area (Å²) in [5.41, 5.74) is 1.06. The number of hydrogen-bond acceptors (Lipinski definition) is 4. The molecule has 0 aromatic heterocycles. The molecule has 1 aliphatic heterocycles. The van der Waals surface area contributed by atoms with Crippen LogP contribution in [0.3, 0.4) is 0 Å². The highest BCUT2D eigenvalue weighted by molar-refractivity contribution is 5.85. The van der Waals surface area contributed by atoms with E-state index in [2.05, 4.69) is 54.6 Å². The molecular formula is C22H34N4O3. The molecule has 1 aliphatic carbocycles. The lowest BCUT2D eigenvalue weighted by atomic mass is 9.68. The van der Waals surface area contributed by atoms with Gasteiger partial charge in [0.2, 0.25) is 5.91 Å². The molecule has 7 heteroatoms. The molecular weight excluding hydrogens is 368 g/mol. The van der Waals surface area contributed by atoms with Gasteiger partial charge in [0.05, 0.1) is 12.1 Å². The fourth-order valence-electron chi connectivity index (χ4n) is 5.07. The second kappa shape index (κ2) is 8.71. The fourth-order valence-corrected chi connectivity index (χ4v) is 5.07. The van der Waals surface area contributed by atoms with Crippen LogP contribution in [0.4, 0.5) is 4.79 Å². The highest BCUT2D eigenvalue weighted by atomic mass is 16.5. The second-order valence-corrected chi connectivity index (χ2v) is 8.47. The van der Waals surface area contributed by atoms with Crippen molar-refractivity contribution >= 4 is 11.9 Å². The van der Waals surface area contributed by atoms with Crippen molar-refractivity contribution in [1.29, 1.82) is 0 Å². The molecule has 1 saturated heterocycles. The predicted octanol–water partition coefficient (Wildman–Crippen LogP) is 1.89. The van der Waals surface area contributed by atoms with Crippen LogP contribution in [0, 0.1) is 0 Å². The lowest BCUT2D eigenvalue weighted by molar-refractivity contribution is -0.121. The summed E-state index contributed by atoms with van der Waals surface area (Å²) in [6.07, 6.45) is 3.74. The standard InChI is InChI=1S/C22H34N4O3/c1-23-19(27)16-25-17-21(26(20(25)28)14-15-29-4)10-12-22(13-11-21,24(2)3)18-8-6-5-7-9-18/h5-9H,10-17H2,1-4H3,(H,23,27). The quantitative estimate of drug-likeness (QED) is 0.756. The summed E-state index contributed by atoms with van der Waals surface area (Å²) in [7, 11) is 7.55. The molecule has 0 unspecified atom stereocenters. The third-order valence-electron chi connectivity index (χ3n) is 6.87. The minimum absolute atomic E-state index is 0.0311. The molecule has 0 atom stereocenters. The Morgan fingerprint density at radius 1 is 1.17 bits per heavy atom. The Kier molecular flexibility index (Phi) is 6.49.